The first-order valence-electron chi connectivity index (χ1n) is 5.87. The van der Waals surface area contributed by atoms with Gasteiger partial charge in [-0.1, -0.05) is 0 Å². The molecule has 0 fully saturated rings. The van der Waals surface area contributed by atoms with Gasteiger partial charge in [0.25, 0.3) is 0 Å². The largest absolute Gasteiger partial charge is 0.343 e. The van der Waals surface area contributed by atoms with Crippen LogP contribution in [0.1, 0.15) is 25.0 Å². The van der Waals surface area contributed by atoms with E-state index in [9.17, 15) is 0 Å². The molecular formula is C13H19N3. The average Bonchev–Trinajstić information content (AvgIpc) is 2.63. The second-order valence-corrected chi connectivity index (χ2v) is 4.19. The fraction of sp³-hybridized carbons (Fsp3) is 0.462. The molecule has 1 N–H and O–H groups in total. The fourth-order valence-electron chi connectivity index (χ4n) is 1.93. The van der Waals surface area contributed by atoms with Gasteiger partial charge < -0.3 is 9.88 Å². The second-order valence-electron chi connectivity index (χ2n) is 4.19. The van der Waals surface area contributed by atoms with E-state index in [-0.39, 0.29) is 0 Å². The molecule has 2 aromatic rings. The van der Waals surface area contributed by atoms with Crippen molar-refractivity contribution in [2.75, 3.05) is 18.0 Å². The van der Waals surface area contributed by atoms with Crippen LogP contribution in [0, 0.1) is 13.8 Å². The molecule has 0 spiro atoms. The lowest BCUT2D eigenvalue weighted by atomic mass is 10.1. The number of hydrogen-bond acceptors (Lipinski definition) is 2. The maximum Gasteiger partial charge on any atom is 0.203 e. The Morgan fingerprint density at radius 2 is 1.75 bits per heavy atom. The third-order valence-electron chi connectivity index (χ3n) is 3.15. The summed E-state index contributed by atoms with van der Waals surface area (Å²) in [4.78, 5) is 10.2. The van der Waals surface area contributed by atoms with Crippen molar-refractivity contribution in [3.8, 4) is 0 Å². The van der Waals surface area contributed by atoms with E-state index in [1.807, 2.05) is 0 Å². The van der Waals surface area contributed by atoms with Gasteiger partial charge in [-0.25, -0.2) is 4.98 Å². The first kappa shape index (κ1) is 11.0. The number of imidazole rings is 1. The summed E-state index contributed by atoms with van der Waals surface area (Å²) in [5, 5.41) is 0. The number of fused-ring (bicyclic) bond motifs is 1. The monoisotopic (exact) mass is 217 g/mol. The Kier molecular flexibility index (Phi) is 2.86. The van der Waals surface area contributed by atoms with Gasteiger partial charge in [0, 0.05) is 13.1 Å². The van der Waals surface area contributed by atoms with Crippen LogP contribution in [0.4, 0.5) is 5.95 Å². The van der Waals surface area contributed by atoms with Crippen molar-refractivity contribution in [2.45, 2.75) is 27.7 Å². The van der Waals surface area contributed by atoms with Gasteiger partial charge in [-0.2, -0.15) is 0 Å². The first-order chi connectivity index (χ1) is 7.65. The van der Waals surface area contributed by atoms with Crippen molar-refractivity contribution in [2.24, 2.45) is 0 Å². The molecule has 16 heavy (non-hydrogen) atoms. The van der Waals surface area contributed by atoms with E-state index in [4.69, 9.17) is 0 Å². The quantitative estimate of drug-likeness (QED) is 0.857. The topological polar surface area (TPSA) is 31.9 Å². The van der Waals surface area contributed by atoms with Crippen LogP contribution < -0.4 is 4.90 Å². The minimum absolute atomic E-state index is 0.977. The van der Waals surface area contributed by atoms with Crippen LogP contribution in [-0.4, -0.2) is 23.1 Å². The number of rotatable bonds is 3. The number of aromatic amines is 1. The molecule has 1 heterocycles. The van der Waals surface area contributed by atoms with Crippen molar-refractivity contribution in [1.82, 2.24) is 9.97 Å². The van der Waals surface area contributed by atoms with Crippen LogP contribution in [0.5, 0.6) is 0 Å². The Bertz CT molecular complexity index is 456. The molecule has 2 rings (SSSR count). The van der Waals surface area contributed by atoms with Crippen molar-refractivity contribution >= 4 is 17.0 Å². The summed E-state index contributed by atoms with van der Waals surface area (Å²) in [6.45, 7) is 10.5. The lowest BCUT2D eigenvalue weighted by Crippen LogP contribution is -2.22. The van der Waals surface area contributed by atoms with Crippen LogP contribution in [0.2, 0.25) is 0 Å². The van der Waals surface area contributed by atoms with Gasteiger partial charge in [0.1, 0.15) is 0 Å². The lowest BCUT2D eigenvalue weighted by molar-refractivity contribution is 0.835. The molecule has 0 saturated heterocycles. The Balaban J connectivity index is 2.51. The molecule has 0 aliphatic carbocycles. The summed E-state index contributed by atoms with van der Waals surface area (Å²) in [5.74, 6) is 0.977. The molecule has 0 bridgehead atoms. The van der Waals surface area contributed by atoms with Crippen molar-refractivity contribution < 1.29 is 0 Å². The maximum atomic E-state index is 4.63. The van der Waals surface area contributed by atoms with Crippen LogP contribution in [-0.2, 0) is 0 Å². The van der Waals surface area contributed by atoms with Crippen LogP contribution >= 0.6 is 0 Å². The summed E-state index contributed by atoms with van der Waals surface area (Å²) in [7, 11) is 0. The molecule has 3 nitrogen and oxygen atoms in total. The predicted octanol–water partition coefficient (Wildman–Crippen LogP) is 3.03. The standard InChI is InChI=1S/C13H19N3/c1-5-16(6-2)13-14-11-7-9(3)10(4)8-12(11)15-13/h7-8H,5-6H2,1-4H3,(H,14,15). The zero-order chi connectivity index (χ0) is 11.7. The molecule has 0 aliphatic heterocycles. The molecule has 3 heteroatoms. The van der Waals surface area contributed by atoms with Gasteiger partial charge in [0.15, 0.2) is 0 Å². The van der Waals surface area contributed by atoms with Crippen LogP contribution in [0.3, 0.4) is 0 Å². The molecule has 0 unspecified atom stereocenters. The molecule has 1 aromatic heterocycles. The highest BCUT2D eigenvalue weighted by atomic mass is 15.2. The van der Waals surface area contributed by atoms with Gasteiger partial charge in [0.2, 0.25) is 5.95 Å². The third kappa shape index (κ3) is 1.77. The predicted molar refractivity (Wildman–Crippen MR) is 69.1 cm³/mol. The second kappa shape index (κ2) is 4.16. The fourth-order valence-corrected chi connectivity index (χ4v) is 1.93. The average molecular weight is 217 g/mol. The molecule has 0 saturated carbocycles. The molecule has 0 aliphatic rings. The van der Waals surface area contributed by atoms with Gasteiger partial charge in [-0.05, 0) is 51.0 Å². The van der Waals surface area contributed by atoms with Gasteiger partial charge in [-0.15, -0.1) is 0 Å². The Labute approximate surface area is 96.5 Å². The zero-order valence-corrected chi connectivity index (χ0v) is 10.5. The van der Waals surface area contributed by atoms with E-state index in [1.54, 1.807) is 0 Å². The summed E-state index contributed by atoms with van der Waals surface area (Å²) < 4.78 is 0. The SMILES string of the molecule is CCN(CC)c1nc2cc(C)c(C)cc2[nH]1. The minimum Gasteiger partial charge on any atom is -0.343 e. The van der Waals surface area contributed by atoms with E-state index < -0.39 is 0 Å². The number of anilines is 1. The zero-order valence-electron chi connectivity index (χ0n) is 10.5. The number of H-pyrrole nitrogens is 1. The number of aromatic nitrogens is 2. The molecule has 86 valence electrons. The van der Waals surface area contributed by atoms with Crippen molar-refractivity contribution in [1.29, 1.82) is 0 Å². The highest BCUT2D eigenvalue weighted by Gasteiger charge is 2.08. The third-order valence-corrected chi connectivity index (χ3v) is 3.15. The Hall–Kier alpha value is -1.51. The summed E-state index contributed by atoms with van der Waals surface area (Å²) >= 11 is 0. The van der Waals surface area contributed by atoms with Crippen molar-refractivity contribution in [3.05, 3.63) is 23.3 Å². The van der Waals surface area contributed by atoms with E-state index in [1.165, 1.54) is 11.1 Å². The van der Waals surface area contributed by atoms with E-state index in [2.05, 4.69) is 54.7 Å². The number of nitrogens with zero attached hydrogens (tertiary/aromatic N) is 2. The molecule has 0 atom stereocenters. The normalized spacial score (nSPS) is 11.0. The van der Waals surface area contributed by atoms with Gasteiger partial charge in [0.05, 0.1) is 11.0 Å². The summed E-state index contributed by atoms with van der Waals surface area (Å²) in [6, 6.07) is 4.32. The van der Waals surface area contributed by atoms with Crippen LogP contribution in [0.25, 0.3) is 11.0 Å². The van der Waals surface area contributed by atoms with Gasteiger partial charge in [-0.3, -0.25) is 0 Å². The summed E-state index contributed by atoms with van der Waals surface area (Å²) in [5.41, 5.74) is 4.79. The van der Waals surface area contributed by atoms with E-state index in [0.717, 1.165) is 30.1 Å². The molecule has 0 amide bonds. The smallest absolute Gasteiger partial charge is 0.203 e. The minimum atomic E-state index is 0.977. The summed E-state index contributed by atoms with van der Waals surface area (Å²) in [6.07, 6.45) is 0. The maximum absolute atomic E-state index is 4.63. The molecule has 1 aromatic carbocycles. The highest BCUT2D eigenvalue weighted by molar-refractivity contribution is 5.79. The lowest BCUT2D eigenvalue weighted by Gasteiger charge is -2.16. The number of benzene rings is 1. The first-order valence-corrected chi connectivity index (χ1v) is 5.87. The number of hydrogen-bond donors (Lipinski definition) is 1. The highest BCUT2D eigenvalue weighted by Crippen LogP contribution is 2.20. The van der Waals surface area contributed by atoms with Crippen molar-refractivity contribution in [3.63, 3.8) is 0 Å². The van der Waals surface area contributed by atoms with E-state index in [0.29, 0.717) is 0 Å². The Morgan fingerprint density at radius 3 is 2.38 bits per heavy atom. The Morgan fingerprint density at radius 1 is 1.12 bits per heavy atom. The van der Waals surface area contributed by atoms with Gasteiger partial charge >= 0.3 is 0 Å². The number of aryl methyl sites for hydroxylation is 2. The van der Waals surface area contributed by atoms with E-state index >= 15 is 0 Å². The molecule has 0 radical (unpaired) electrons. The molecular weight excluding hydrogens is 198 g/mol. The number of nitrogens with one attached hydrogen (secondary N) is 1. The van der Waals surface area contributed by atoms with Crippen LogP contribution in [0.15, 0.2) is 12.1 Å².